The molecule has 4 nitrogen and oxygen atoms in total. The second kappa shape index (κ2) is 5.93. The van der Waals surface area contributed by atoms with Crippen molar-refractivity contribution in [3.8, 4) is 0 Å². The fourth-order valence-corrected chi connectivity index (χ4v) is 4.87. The molecule has 3 fully saturated rings. The van der Waals surface area contributed by atoms with Crippen molar-refractivity contribution in [2.45, 2.75) is 57.0 Å². The third kappa shape index (κ3) is 2.80. The number of amides is 2. The number of thiophene rings is 1. The van der Waals surface area contributed by atoms with E-state index in [1.54, 1.807) is 11.3 Å². The van der Waals surface area contributed by atoms with Gasteiger partial charge in [0.25, 0.3) is 0 Å². The maximum absolute atomic E-state index is 13.1. The smallest absolute Gasteiger partial charge is 0.245 e. The minimum absolute atomic E-state index is 0.182. The monoisotopic (exact) mass is 332 g/mol. The van der Waals surface area contributed by atoms with Crippen LogP contribution in [-0.2, 0) is 9.59 Å². The first kappa shape index (κ1) is 15.2. The average Bonchev–Trinajstić information content (AvgIpc) is 2.97. The maximum Gasteiger partial charge on any atom is 0.245 e. The van der Waals surface area contributed by atoms with Crippen LogP contribution in [0, 0.1) is 5.92 Å². The molecule has 3 heterocycles. The Kier molecular flexibility index (Phi) is 3.92. The highest BCUT2D eigenvalue weighted by molar-refractivity contribution is 7.08. The summed E-state index contributed by atoms with van der Waals surface area (Å²) in [7, 11) is 0. The number of carbonyl (C=O) groups excluding carboxylic acids is 2. The normalized spacial score (nSPS) is 30.9. The van der Waals surface area contributed by atoms with E-state index in [1.165, 1.54) is 5.56 Å². The van der Waals surface area contributed by atoms with E-state index in [4.69, 9.17) is 0 Å². The van der Waals surface area contributed by atoms with Gasteiger partial charge in [0.1, 0.15) is 6.04 Å². The Balaban J connectivity index is 1.46. The van der Waals surface area contributed by atoms with E-state index in [0.717, 1.165) is 45.2 Å². The van der Waals surface area contributed by atoms with Crippen molar-refractivity contribution in [1.82, 2.24) is 9.80 Å². The van der Waals surface area contributed by atoms with Gasteiger partial charge in [0, 0.05) is 31.0 Å². The zero-order valence-electron chi connectivity index (χ0n) is 13.6. The zero-order valence-corrected chi connectivity index (χ0v) is 14.4. The lowest BCUT2D eigenvalue weighted by Crippen LogP contribution is -2.49. The predicted octanol–water partition coefficient (Wildman–Crippen LogP) is 2.85. The Bertz CT molecular complexity index is 596. The number of hydrogen-bond acceptors (Lipinski definition) is 3. The van der Waals surface area contributed by atoms with Gasteiger partial charge in [0.2, 0.25) is 11.8 Å². The summed E-state index contributed by atoms with van der Waals surface area (Å²) in [6.45, 7) is 3.72. The van der Waals surface area contributed by atoms with Crippen LogP contribution in [0.5, 0.6) is 0 Å². The molecule has 1 aliphatic carbocycles. The molecular formula is C18H24N2O2S. The third-order valence-corrected chi connectivity index (χ3v) is 6.32. The summed E-state index contributed by atoms with van der Waals surface area (Å²) >= 11 is 1.72. The number of hydrogen-bond donors (Lipinski definition) is 0. The molecule has 3 atom stereocenters. The minimum Gasteiger partial charge on any atom is -0.338 e. The van der Waals surface area contributed by atoms with Crippen LogP contribution in [-0.4, -0.2) is 46.8 Å². The van der Waals surface area contributed by atoms with Gasteiger partial charge < -0.3 is 9.80 Å². The fourth-order valence-electron chi connectivity index (χ4n) is 4.13. The second-order valence-electron chi connectivity index (χ2n) is 7.29. The molecule has 4 rings (SSSR count). The van der Waals surface area contributed by atoms with Crippen LogP contribution in [0.25, 0.3) is 0 Å². The molecule has 1 saturated carbocycles. The Morgan fingerprint density at radius 2 is 2.00 bits per heavy atom. The Labute approximate surface area is 141 Å². The lowest BCUT2D eigenvalue weighted by Gasteiger charge is -2.30. The van der Waals surface area contributed by atoms with E-state index in [-0.39, 0.29) is 29.8 Å². The molecule has 5 heteroatoms. The van der Waals surface area contributed by atoms with Gasteiger partial charge in [-0.25, -0.2) is 0 Å². The molecule has 3 aliphatic rings. The van der Waals surface area contributed by atoms with E-state index in [9.17, 15) is 9.59 Å². The quantitative estimate of drug-likeness (QED) is 0.854. The van der Waals surface area contributed by atoms with Crippen molar-refractivity contribution >= 4 is 23.2 Å². The van der Waals surface area contributed by atoms with E-state index in [0.29, 0.717) is 5.92 Å². The van der Waals surface area contributed by atoms with E-state index >= 15 is 0 Å². The van der Waals surface area contributed by atoms with Gasteiger partial charge in [-0.15, -0.1) is 0 Å². The topological polar surface area (TPSA) is 40.6 Å². The molecular weight excluding hydrogens is 308 g/mol. The molecule has 0 unspecified atom stereocenters. The maximum atomic E-state index is 13.1. The molecule has 0 bridgehead atoms. The van der Waals surface area contributed by atoms with Crippen molar-refractivity contribution in [2.75, 3.05) is 13.1 Å². The standard InChI is InChI=1S/C18H24N2O2S/c1-12-9-15(14-6-8-23-11-14)10-20(12)18(22)16-3-2-7-19(16)17(21)13-4-5-13/h6,8,11-13,15-16H,2-5,7,9-10H2,1H3/t12-,15+,16-/m1/s1. The first-order chi connectivity index (χ1) is 11.1. The highest BCUT2D eigenvalue weighted by Crippen LogP contribution is 2.36. The lowest BCUT2D eigenvalue weighted by atomic mass is 10.00. The van der Waals surface area contributed by atoms with Crippen molar-refractivity contribution in [1.29, 1.82) is 0 Å². The van der Waals surface area contributed by atoms with Crippen LogP contribution in [0.2, 0.25) is 0 Å². The van der Waals surface area contributed by atoms with E-state index in [1.807, 2.05) is 9.80 Å². The van der Waals surface area contributed by atoms with E-state index < -0.39 is 0 Å². The van der Waals surface area contributed by atoms with Crippen LogP contribution in [0.3, 0.4) is 0 Å². The molecule has 23 heavy (non-hydrogen) atoms. The first-order valence-corrected chi connectivity index (χ1v) is 9.72. The largest absolute Gasteiger partial charge is 0.338 e. The Morgan fingerprint density at radius 1 is 1.17 bits per heavy atom. The number of rotatable bonds is 3. The highest BCUT2D eigenvalue weighted by Gasteiger charge is 2.44. The molecule has 2 aliphatic heterocycles. The van der Waals surface area contributed by atoms with Crippen molar-refractivity contribution in [3.05, 3.63) is 22.4 Å². The Hall–Kier alpha value is -1.36. The van der Waals surface area contributed by atoms with Gasteiger partial charge in [0.15, 0.2) is 0 Å². The van der Waals surface area contributed by atoms with Crippen molar-refractivity contribution in [3.63, 3.8) is 0 Å². The van der Waals surface area contributed by atoms with Gasteiger partial charge >= 0.3 is 0 Å². The SMILES string of the molecule is C[C@@H]1C[C@H](c2ccsc2)CN1C(=O)[C@H]1CCCN1C(=O)C1CC1. The molecule has 0 radical (unpaired) electrons. The number of nitrogens with zero attached hydrogens (tertiary/aromatic N) is 2. The lowest BCUT2D eigenvalue weighted by molar-refractivity contribution is -0.144. The van der Waals surface area contributed by atoms with Crippen LogP contribution in [0.4, 0.5) is 0 Å². The number of carbonyl (C=O) groups is 2. The second-order valence-corrected chi connectivity index (χ2v) is 8.07. The van der Waals surface area contributed by atoms with E-state index in [2.05, 4.69) is 23.8 Å². The minimum atomic E-state index is -0.202. The molecule has 2 amide bonds. The summed E-state index contributed by atoms with van der Waals surface area (Å²) in [5, 5.41) is 4.31. The van der Waals surface area contributed by atoms with Gasteiger partial charge in [-0.2, -0.15) is 11.3 Å². The van der Waals surface area contributed by atoms with Gasteiger partial charge in [-0.1, -0.05) is 0 Å². The summed E-state index contributed by atoms with van der Waals surface area (Å²) in [5.74, 6) is 1.07. The van der Waals surface area contributed by atoms with Crippen LogP contribution in [0.1, 0.15) is 50.5 Å². The molecule has 1 aromatic heterocycles. The molecule has 0 spiro atoms. The van der Waals surface area contributed by atoms with Crippen molar-refractivity contribution in [2.24, 2.45) is 5.92 Å². The molecule has 2 saturated heterocycles. The molecule has 0 aromatic carbocycles. The molecule has 124 valence electrons. The summed E-state index contributed by atoms with van der Waals surface area (Å²) in [6.07, 6.45) is 4.85. The number of likely N-dealkylation sites (tertiary alicyclic amines) is 2. The summed E-state index contributed by atoms with van der Waals surface area (Å²) in [6, 6.07) is 2.24. The van der Waals surface area contributed by atoms with Crippen LogP contribution >= 0.6 is 11.3 Å². The van der Waals surface area contributed by atoms with Crippen LogP contribution < -0.4 is 0 Å². The van der Waals surface area contributed by atoms with Gasteiger partial charge in [-0.05, 0) is 61.4 Å². The van der Waals surface area contributed by atoms with Crippen molar-refractivity contribution < 1.29 is 9.59 Å². The predicted molar refractivity (Wildman–Crippen MR) is 90.3 cm³/mol. The average molecular weight is 332 g/mol. The van der Waals surface area contributed by atoms with Gasteiger partial charge in [-0.3, -0.25) is 9.59 Å². The fraction of sp³-hybridized carbons (Fsp3) is 0.667. The third-order valence-electron chi connectivity index (χ3n) is 5.62. The van der Waals surface area contributed by atoms with Gasteiger partial charge in [0.05, 0.1) is 0 Å². The summed E-state index contributed by atoms with van der Waals surface area (Å²) in [5.41, 5.74) is 1.36. The molecule has 1 aromatic rings. The summed E-state index contributed by atoms with van der Waals surface area (Å²) < 4.78 is 0. The zero-order chi connectivity index (χ0) is 16.0. The Morgan fingerprint density at radius 3 is 2.70 bits per heavy atom. The van der Waals surface area contributed by atoms with Crippen LogP contribution in [0.15, 0.2) is 16.8 Å². The summed E-state index contributed by atoms with van der Waals surface area (Å²) in [4.78, 5) is 29.4. The first-order valence-electron chi connectivity index (χ1n) is 8.78. The molecule has 0 N–H and O–H groups in total. The highest BCUT2D eigenvalue weighted by atomic mass is 32.1.